The zero-order valence-electron chi connectivity index (χ0n) is 23.2. The molecule has 7 rings (SSSR count). The minimum Gasteiger partial charge on any atom is -0.336 e. The molecule has 2 atom stereocenters. The minimum atomic E-state index is -0.402. The molecule has 0 saturated carbocycles. The van der Waals surface area contributed by atoms with Gasteiger partial charge in [0.05, 0.1) is 12.1 Å². The molecule has 10 nitrogen and oxygen atoms in total. The lowest BCUT2D eigenvalue weighted by Crippen LogP contribution is -2.29. The van der Waals surface area contributed by atoms with Gasteiger partial charge in [-0.05, 0) is 43.4 Å². The molecule has 216 valence electrons. The zero-order valence-corrected chi connectivity index (χ0v) is 23.2. The molecule has 0 N–H and O–H groups in total. The summed E-state index contributed by atoms with van der Waals surface area (Å²) in [5.74, 6) is 0.264. The maximum absolute atomic E-state index is 15.4. The van der Waals surface area contributed by atoms with Gasteiger partial charge in [-0.3, -0.25) is 9.59 Å². The number of nitrogens with zero attached hydrogens (tertiary/aromatic N) is 8. The van der Waals surface area contributed by atoms with Crippen molar-refractivity contribution in [2.45, 2.75) is 57.2 Å². The number of aryl methyl sites for hydroxylation is 2. The van der Waals surface area contributed by atoms with Crippen LogP contribution in [-0.2, 0) is 19.4 Å². The Labute approximate surface area is 241 Å². The third-order valence-electron chi connectivity index (χ3n) is 8.51. The summed E-state index contributed by atoms with van der Waals surface area (Å²) in [6.07, 6.45) is 4.49. The van der Waals surface area contributed by atoms with Crippen LogP contribution in [0.4, 0.5) is 8.78 Å². The number of likely N-dealkylation sites (tertiary alicyclic amines) is 1. The van der Waals surface area contributed by atoms with Gasteiger partial charge in [0.25, 0.3) is 11.8 Å². The average molecular weight is 573 g/mol. The van der Waals surface area contributed by atoms with Crippen molar-refractivity contribution in [3.8, 4) is 0 Å². The first-order valence-electron chi connectivity index (χ1n) is 14.4. The largest absolute Gasteiger partial charge is 0.336 e. The molecule has 1 saturated heterocycles. The fourth-order valence-electron chi connectivity index (χ4n) is 6.35. The van der Waals surface area contributed by atoms with Gasteiger partial charge in [-0.2, -0.15) is 0 Å². The zero-order chi connectivity index (χ0) is 29.0. The van der Waals surface area contributed by atoms with Crippen LogP contribution in [-0.4, -0.2) is 71.3 Å². The smallest absolute Gasteiger partial charge is 0.293 e. The standard InChI is InChI=1S/C30H30F2N8O2/c1-37(29(41)27-33-25-12-10-23(39(25)35-27)19-6-2-3-7-21(19)31)17-18-8-9-20(22(32)16-18)24-11-13-26-34-28(36-40(24)26)30(42)38-14-4-5-15-38/h2-3,6-9,16,23-24H,4-5,10-15,17H2,1H3. The molecule has 3 aliphatic heterocycles. The number of hydrogen-bond donors (Lipinski definition) is 0. The number of carbonyl (C=O) groups is 2. The maximum Gasteiger partial charge on any atom is 0.293 e. The van der Waals surface area contributed by atoms with Crippen LogP contribution in [0.15, 0.2) is 42.5 Å². The number of aromatic nitrogens is 6. The predicted molar refractivity (Wildman–Crippen MR) is 147 cm³/mol. The summed E-state index contributed by atoms with van der Waals surface area (Å²) in [5.41, 5.74) is 1.62. The number of fused-ring (bicyclic) bond motifs is 2. The van der Waals surface area contributed by atoms with Crippen molar-refractivity contribution in [3.05, 3.63) is 94.1 Å². The third kappa shape index (κ3) is 4.54. The maximum atomic E-state index is 15.4. The molecule has 1 fully saturated rings. The van der Waals surface area contributed by atoms with Crippen molar-refractivity contribution in [3.63, 3.8) is 0 Å². The van der Waals surface area contributed by atoms with E-state index in [-0.39, 0.29) is 42.0 Å². The average Bonchev–Trinajstić information content (AvgIpc) is 3.80. The predicted octanol–water partition coefficient (Wildman–Crippen LogP) is 3.73. The number of carbonyl (C=O) groups excluding carboxylic acids is 2. The molecule has 0 aliphatic carbocycles. The summed E-state index contributed by atoms with van der Waals surface area (Å²) in [4.78, 5) is 38.0. The van der Waals surface area contributed by atoms with E-state index in [1.807, 2.05) is 0 Å². The first kappa shape index (κ1) is 26.4. The molecule has 2 aromatic carbocycles. The van der Waals surface area contributed by atoms with Gasteiger partial charge in [0.1, 0.15) is 23.3 Å². The number of amides is 2. The van der Waals surface area contributed by atoms with Gasteiger partial charge in [-0.15, -0.1) is 10.2 Å². The Balaban J connectivity index is 1.04. The molecule has 0 bridgehead atoms. The van der Waals surface area contributed by atoms with Crippen molar-refractivity contribution in [2.75, 3.05) is 20.1 Å². The molecule has 4 aromatic rings. The molecule has 3 aliphatic rings. The Hall–Kier alpha value is -4.48. The van der Waals surface area contributed by atoms with E-state index in [9.17, 15) is 14.0 Å². The van der Waals surface area contributed by atoms with E-state index in [1.54, 1.807) is 51.6 Å². The number of hydrogen-bond acceptors (Lipinski definition) is 6. The molecule has 42 heavy (non-hydrogen) atoms. The Morgan fingerprint density at radius 3 is 2.14 bits per heavy atom. The van der Waals surface area contributed by atoms with Gasteiger partial charge in [0.15, 0.2) is 0 Å². The normalized spacial score (nSPS) is 19.3. The molecule has 2 amide bonds. The van der Waals surface area contributed by atoms with Crippen molar-refractivity contribution < 1.29 is 18.4 Å². The summed E-state index contributed by atoms with van der Waals surface area (Å²) < 4.78 is 33.1. The Morgan fingerprint density at radius 2 is 1.48 bits per heavy atom. The van der Waals surface area contributed by atoms with Crippen LogP contribution >= 0.6 is 0 Å². The topological polar surface area (TPSA) is 102 Å². The highest BCUT2D eigenvalue weighted by molar-refractivity contribution is 5.91. The van der Waals surface area contributed by atoms with Gasteiger partial charge >= 0.3 is 0 Å². The van der Waals surface area contributed by atoms with Crippen LogP contribution in [0, 0.1) is 11.6 Å². The van der Waals surface area contributed by atoms with Crippen molar-refractivity contribution >= 4 is 11.8 Å². The third-order valence-corrected chi connectivity index (χ3v) is 8.51. The molecule has 0 spiro atoms. The van der Waals surface area contributed by atoms with Gasteiger partial charge < -0.3 is 9.80 Å². The Morgan fingerprint density at radius 1 is 0.857 bits per heavy atom. The van der Waals surface area contributed by atoms with Crippen molar-refractivity contribution in [1.82, 2.24) is 39.3 Å². The highest BCUT2D eigenvalue weighted by Crippen LogP contribution is 2.34. The van der Waals surface area contributed by atoms with E-state index >= 15 is 4.39 Å². The first-order chi connectivity index (χ1) is 20.4. The van der Waals surface area contributed by atoms with Gasteiger partial charge in [0, 0.05) is 50.7 Å². The van der Waals surface area contributed by atoms with Crippen LogP contribution in [0.25, 0.3) is 0 Å². The lowest BCUT2D eigenvalue weighted by atomic mass is 10.0. The summed E-state index contributed by atoms with van der Waals surface area (Å²) in [5, 5.41) is 8.90. The SMILES string of the molecule is CN(Cc1ccc(C2CCc3nc(C(=O)N4CCCC4)nn32)c(F)c1)C(=O)c1nc2n(n1)C(c1ccccc1F)CC2. The van der Waals surface area contributed by atoms with Crippen molar-refractivity contribution in [2.24, 2.45) is 0 Å². The summed E-state index contributed by atoms with van der Waals surface area (Å²) in [6, 6.07) is 10.9. The van der Waals surface area contributed by atoms with E-state index in [1.165, 1.54) is 17.0 Å². The quantitative estimate of drug-likeness (QED) is 0.349. The fourth-order valence-corrected chi connectivity index (χ4v) is 6.35. The monoisotopic (exact) mass is 572 g/mol. The second kappa shape index (κ2) is 10.4. The van der Waals surface area contributed by atoms with E-state index in [2.05, 4.69) is 20.2 Å². The molecule has 2 aromatic heterocycles. The molecule has 12 heteroatoms. The lowest BCUT2D eigenvalue weighted by Gasteiger charge is -2.18. The molecule has 0 radical (unpaired) electrons. The van der Waals surface area contributed by atoms with Crippen molar-refractivity contribution in [1.29, 1.82) is 0 Å². The minimum absolute atomic E-state index is 0.0366. The molecule has 5 heterocycles. The van der Waals surface area contributed by atoms with E-state index < -0.39 is 11.7 Å². The van der Waals surface area contributed by atoms with Crippen LogP contribution in [0.1, 0.15) is 87.3 Å². The number of benzene rings is 2. The second-order valence-corrected chi connectivity index (χ2v) is 11.2. The molecular weight excluding hydrogens is 542 g/mol. The van der Waals surface area contributed by atoms with Crippen LogP contribution < -0.4 is 0 Å². The summed E-state index contributed by atoms with van der Waals surface area (Å²) in [7, 11) is 1.62. The molecular formula is C30H30F2N8O2. The highest BCUT2D eigenvalue weighted by Gasteiger charge is 2.33. The number of rotatable bonds is 6. The van der Waals surface area contributed by atoms with Crippen LogP contribution in [0.5, 0.6) is 0 Å². The second-order valence-electron chi connectivity index (χ2n) is 11.2. The Bertz CT molecular complexity index is 1690. The fraction of sp³-hybridized carbons (Fsp3) is 0.400. The van der Waals surface area contributed by atoms with Gasteiger partial charge in [0.2, 0.25) is 11.6 Å². The lowest BCUT2D eigenvalue weighted by molar-refractivity contribution is 0.0768. The van der Waals surface area contributed by atoms with Gasteiger partial charge in [-0.25, -0.2) is 28.1 Å². The van der Waals surface area contributed by atoms with E-state index in [4.69, 9.17) is 0 Å². The summed E-state index contributed by atoms with van der Waals surface area (Å²) >= 11 is 0. The molecule has 2 unspecified atom stereocenters. The van der Waals surface area contributed by atoms with Gasteiger partial charge in [-0.1, -0.05) is 30.3 Å². The van der Waals surface area contributed by atoms with Crippen LogP contribution in [0.2, 0.25) is 0 Å². The number of halogens is 2. The first-order valence-corrected chi connectivity index (χ1v) is 14.4. The highest BCUT2D eigenvalue weighted by atomic mass is 19.1. The Kier molecular flexibility index (Phi) is 6.55. The van der Waals surface area contributed by atoms with E-state index in [0.717, 1.165) is 12.8 Å². The van der Waals surface area contributed by atoms with Crippen LogP contribution in [0.3, 0.4) is 0 Å². The van der Waals surface area contributed by atoms with E-state index in [0.29, 0.717) is 67.1 Å². The summed E-state index contributed by atoms with van der Waals surface area (Å²) in [6.45, 7) is 1.59.